The summed E-state index contributed by atoms with van der Waals surface area (Å²) < 4.78 is 19.9. The Kier molecular flexibility index (Phi) is 5.02. The van der Waals surface area contributed by atoms with Gasteiger partial charge >= 0.3 is 0 Å². The summed E-state index contributed by atoms with van der Waals surface area (Å²) in [5.74, 6) is -0.399. The molecule has 2 bridgehead atoms. The highest BCUT2D eigenvalue weighted by Gasteiger charge is 2.51. The molecule has 2 heterocycles. The van der Waals surface area contributed by atoms with E-state index in [-0.39, 0.29) is 23.7 Å². The van der Waals surface area contributed by atoms with Gasteiger partial charge < -0.3 is 15.8 Å². The lowest BCUT2D eigenvalue weighted by molar-refractivity contribution is 0.00902. The van der Waals surface area contributed by atoms with Gasteiger partial charge in [-0.05, 0) is 76.2 Å². The second kappa shape index (κ2) is 8.14. The Morgan fingerprint density at radius 3 is 2.33 bits per heavy atom. The number of fused-ring (bicyclic) bond motifs is 8. The molecule has 4 N–H and O–H groups in total. The highest BCUT2D eigenvalue weighted by molar-refractivity contribution is 5.95. The monoisotopic (exact) mass is 477 g/mol. The summed E-state index contributed by atoms with van der Waals surface area (Å²) in [6.45, 7) is 2.44. The van der Waals surface area contributed by atoms with Gasteiger partial charge in [0.1, 0.15) is 23.4 Å². The van der Waals surface area contributed by atoms with E-state index in [9.17, 15) is 9.18 Å². The van der Waals surface area contributed by atoms with Crippen LogP contribution in [0.25, 0.3) is 11.1 Å². The number of nitrogen functional groups attached to an aromatic ring is 1. The predicted molar refractivity (Wildman–Crippen MR) is 136 cm³/mol. The van der Waals surface area contributed by atoms with Gasteiger partial charge in [0.05, 0.1) is 0 Å². The van der Waals surface area contributed by atoms with Gasteiger partial charge in [-0.2, -0.15) is 0 Å². The number of halogens is 1. The number of carbonyl (C=O) groups excluding carboxylic acids is 1. The van der Waals surface area contributed by atoms with Gasteiger partial charge in [0.15, 0.2) is 0 Å². The van der Waals surface area contributed by atoms with Crippen LogP contribution >= 0.6 is 0 Å². The Morgan fingerprint density at radius 2 is 1.61 bits per heavy atom. The topological polar surface area (TPSA) is 88.2 Å². The van der Waals surface area contributed by atoms with Crippen LogP contribution in [0.3, 0.4) is 0 Å². The molecular formula is C30H24FN3O2. The molecule has 5 nitrogen and oxygen atoms in total. The number of carbonyl (C=O) groups is 1. The second-order valence-electron chi connectivity index (χ2n) is 9.44. The first-order valence-electron chi connectivity index (χ1n) is 11.8. The number of amides is 1. The average molecular weight is 478 g/mol. The molecule has 36 heavy (non-hydrogen) atoms. The van der Waals surface area contributed by atoms with Gasteiger partial charge in [-0.3, -0.25) is 10.2 Å². The number of nitrogens with two attached hydrogens (primary N) is 1. The van der Waals surface area contributed by atoms with Crippen molar-refractivity contribution in [2.75, 3.05) is 0 Å². The molecule has 2 unspecified atom stereocenters. The number of hydrogen-bond donors (Lipinski definition) is 3. The normalized spacial score (nSPS) is 19.0. The van der Waals surface area contributed by atoms with E-state index in [1.165, 1.54) is 12.1 Å². The molecule has 2 aliphatic heterocycles. The van der Waals surface area contributed by atoms with E-state index < -0.39 is 5.60 Å². The van der Waals surface area contributed by atoms with Crippen molar-refractivity contribution in [3.63, 3.8) is 0 Å². The largest absolute Gasteiger partial charge is 0.384 e. The van der Waals surface area contributed by atoms with Crippen LogP contribution in [0, 0.1) is 11.2 Å². The summed E-state index contributed by atoms with van der Waals surface area (Å²) in [7, 11) is 0. The first-order valence-corrected chi connectivity index (χ1v) is 11.8. The van der Waals surface area contributed by atoms with Gasteiger partial charge in [0, 0.05) is 17.7 Å². The molecule has 2 aliphatic rings. The molecule has 4 aromatic carbocycles. The summed E-state index contributed by atoms with van der Waals surface area (Å²) >= 11 is 0. The van der Waals surface area contributed by atoms with Crippen LogP contribution in [0.5, 0.6) is 0 Å². The van der Waals surface area contributed by atoms with Crippen molar-refractivity contribution < 1.29 is 13.9 Å². The van der Waals surface area contributed by atoms with Crippen LogP contribution in [0.15, 0.2) is 84.9 Å². The Morgan fingerprint density at radius 1 is 0.917 bits per heavy atom. The minimum Gasteiger partial charge on any atom is -0.384 e. The summed E-state index contributed by atoms with van der Waals surface area (Å²) in [4.78, 5) is 12.9. The van der Waals surface area contributed by atoms with Crippen LogP contribution < -0.4 is 11.1 Å². The third kappa shape index (κ3) is 3.49. The molecule has 0 spiro atoms. The van der Waals surface area contributed by atoms with Crippen molar-refractivity contribution in [1.82, 2.24) is 5.32 Å². The SMILES string of the molecule is CC12OC(c3cc(C(=O)NCc4ccc(C(=N)N)cc4)ccc31)c1ccc(-c3ccc(F)cc3)cc12. The highest BCUT2D eigenvalue weighted by Crippen LogP contribution is 2.58. The van der Waals surface area contributed by atoms with Gasteiger partial charge in [-0.1, -0.05) is 54.6 Å². The number of benzene rings is 4. The van der Waals surface area contributed by atoms with Crippen LogP contribution in [0.1, 0.15) is 56.8 Å². The first kappa shape index (κ1) is 22.2. The predicted octanol–water partition coefficient (Wildman–Crippen LogP) is 5.40. The zero-order valence-corrected chi connectivity index (χ0v) is 19.6. The zero-order chi connectivity index (χ0) is 25.0. The smallest absolute Gasteiger partial charge is 0.251 e. The standard InChI is InChI=1S/C30H24FN3O2/c1-30-25-13-9-21(29(35)34-16-17-2-4-19(5-3-17)28(32)33)14-24(25)27(36-30)23-12-8-20(15-26(23)30)18-6-10-22(31)11-7-18/h2-15,27H,16H2,1H3,(H3,32,33)(H,34,35). The van der Waals surface area contributed by atoms with E-state index in [1.54, 1.807) is 24.3 Å². The van der Waals surface area contributed by atoms with Crippen molar-refractivity contribution in [1.29, 1.82) is 5.41 Å². The van der Waals surface area contributed by atoms with Crippen molar-refractivity contribution in [2.24, 2.45) is 5.73 Å². The number of rotatable bonds is 5. The molecule has 6 heteroatoms. The molecule has 0 fully saturated rings. The molecule has 4 aromatic rings. The lowest BCUT2D eigenvalue weighted by Gasteiger charge is -2.25. The van der Waals surface area contributed by atoms with Crippen molar-refractivity contribution in [3.05, 3.63) is 130 Å². The fourth-order valence-electron chi connectivity index (χ4n) is 5.26. The molecule has 0 aliphatic carbocycles. The summed E-state index contributed by atoms with van der Waals surface area (Å²) in [5.41, 5.74) is 13.3. The summed E-state index contributed by atoms with van der Waals surface area (Å²) in [6.07, 6.45) is -0.228. The average Bonchev–Trinajstić information content (AvgIpc) is 3.36. The fraction of sp³-hybridized carbons (Fsp3) is 0.133. The highest BCUT2D eigenvalue weighted by atomic mass is 19.1. The molecule has 178 valence electrons. The van der Waals surface area contributed by atoms with Crippen molar-refractivity contribution in [3.8, 4) is 11.1 Å². The number of nitrogens with one attached hydrogen (secondary N) is 2. The Hall–Kier alpha value is -4.29. The third-order valence-corrected chi connectivity index (χ3v) is 7.21. The lowest BCUT2D eigenvalue weighted by atomic mass is 9.77. The van der Waals surface area contributed by atoms with Crippen LogP contribution in [0.4, 0.5) is 4.39 Å². The van der Waals surface area contributed by atoms with Crippen LogP contribution in [-0.2, 0) is 16.9 Å². The van der Waals surface area contributed by atoms with Gasteiger partial charge in [0.2, 0.25) is 0 Å². The molecular weight excluding hydrogens is 453 g/mol. The van der Waals surface area contributed by atoms with E-state index in [2.05, 4.69) is 24.4 Å². The molecule has 1 amide bonds. The molecule has 6 rings (SSSR count). The van der Waals surface area contributed by atoms with Crippen molar-refractivity contribution in [2.45, 2.75) is 25.2 Å². The molecule has 0 radical (unpaired) electrons. The maximum atomic E-state index is 13.4. The summed E-state index contributed by atoms with van der Waals surface area (Å²) in [6, 6.07) is 25.7. The maximum absolute atomic E-state index is 13.4. The van der Waals surface area contributed by atoms with E-state index in [0.29, 0.717) is 17.7 Å². The van der Waals surface area contributed by atoms with Crippen molar-refractivity contribution >= 4 is 11.7 Å². The first-order chi connectivity index (χ1) is 17.3. The molecule has 2 atom stereocenters. The van der Waals surface area contributed by atoms with Gasteiger partial charge in [0.25, 0.3) is 5.91 Å². The fourth-order valence-corrected chi connectivity index (χ4v) is 5.26. The second-order valence-corrected chi connectivity index (χ2v) is 9.44. The van der Waals surface area contributed by atoms with E-state index in [1.807, 2.05) is 36.4 Å². The van der Waals surface area contributed by atoms with E-state index in [0.717, 1.165) is 38.9 Å². The van der Waals surface area contributed by atoms with E-state index >= 15 is 0 Å². The number of ether oxygens (including phenoxy) is 1. The molecule has 0 saturated heterocycles. The molecule has 0 aromatic heterocycles. The Bertz CT molecular complexity index is 1530. The molecule has 0 saturated carbocycles. The summed E-state index contributed by atoms with van der Waals surface area (Å²) in [5, 5.41) is 10.5. The maximum Gasteiger partial charge on any atom is 0.251 e. The third-order valence-electron chi connectivity index (χ3n) is 7.21. The Labute approximate surface area is 208 Å². The Balaban J connectivity index is 1.24. The van der Waals surface area contributed by atoms with Gasteiger partial charge in [-0.25, -0.2) is 4.39 Å². The lowest BCUT2D eigenvalue weighted by Crippen LogP contribution is -2.24. The van der Waals surface area contributed by atoms with Crippen LogP contribution in [-0.4, -0.2) is 11.7 Å². The van der Waals surface area contributed by atoms with Gasteiger partial charge in [-0.15, -0.1) is 0 Å². The minimum absolute atomic E-state index is 0.0159. The van der Waals surface area contributed by atoms with E-state index in [4.69, 9.17) is 15.9 Å². The number of hydrogen-bond acceptors (Lipinski definition) is 3. The minimum atomic E-state index is -0.598. The van der Waals surface area contributed by atoms with Crippen LogP contribution in [0.2, 0.25) is 0 Å². The quantitative estimate of drug-likeness (QED) is 0.266. The number of amidine groups is 1. The zero-order valence-electron chi connectivity index (χ0n) is 19.6.